The van der Waals surface area contributed by atoms with E-state index in [1.165, 1.54) is 12.0 Å². The summed E-state index contributed by atoms with van der Waals surface area (Å²) in [5, 5.41) is 0.963. The van der Waals surface area contributed by atoms with E-state index in [1.54, 1.807) is 6.20 Å². The normalized spacial score (nSPS) is 14.1. The number of fused-ring (bicyclic) bond motifs is 1. The zero-order valence-electron chi connectivity index (χ0n) is 16.8. The summed E-state index contributed by atoms with van der Waals surface area (Å²) in [5.74, 6) is 1.64. The topological polar surface area (TPSA) is 80.4 Å². The summed E-state index contributed by atoms with van der Waals surface area (Å²) in [7, 11) is 0. The molecule has 0 unspecified atom stereocenters. The third-order valence-electron chi connectivity index (χ3n) is 5.41. The lowest BCUT2D eigenvalue weighted by Gasteiger charge is -2.37. The van der Waals surface area contributed by atoms with Crippen LogP contribution in [-0.4, -0.2) is 41.1 Å². The van der Waals surface area contributed by atoms with Crippen molar-refractivity contribution in [2.75, 3.05) is 41.7 Å². The molecule has 0 saturated carbocycles. The van der Waals surface area contributed by atoms with Crippen LogP contribution in [0.5, 0.6) is 11.6 Å². The summed E-state index contributed by atoms with van der Waals surface area (Å²) in [6.07, 6.45) is 3.24. The standard InChI is InChI=1S/C23H21BrN6O/c24-18-8-9-19(21-17(18)7-4-10-26-21)31-23-20(25)22(27-15-28-23)30-13-11-29(12-14-30)16-5-2-1-3-6-16/h1-10,15H,11-14,25H2. The lowest BCUT2D eigenvalue weighted by Crippen LogP contribution is -2.47. The van der Waals surface area contributed by atoms with Crippen LogP contribution < -0.4 is 20.3 Å². The molecule has 0 atom stereocenters. The van der Waals surface area contributed by atoms with Gasteiger partial charge >= 0.3 is 0 Å². The van der Waals surface area contributed by atoms with Gasteiger partial charge in [0.05, 0.1) is 0 Å². The second-order valence-electron chi connectivity index (χ2n) is 7.27. The summed E-state index contributed by atoms with van der Waals surface area (Å²) in [6, 6.07) is 18.1. The summed E-state index contributed by atoms with van der Waals surface area (Å²) >= 11 is 3.56. The van der Waals surface area contributed by atoms with Crippen molar-refractivity contribution in [2.45, 2.75) is 0 Å². The maximum atomic E-state index is 6.45. The number of nitrogens with zero attached hydrogens (tertiary/aromatic N) is 5. The number of anilines is 3. The zero-order chi connectivity index (χ0) is 21.2. The Balaban J connectivity index is 1.38. The van der Waals surface area contributed by atoms with Crippen LogP contribution in [0.2, 0.25) is 0 Å². The molecule has 0 aliphatic carbocycles. The Hall–Kier alpha value is -3.39. The first-order valence-corrected chi connectivity index (χ1v) is 10.9. The molecule has 1 aliphatic heterocycles. The number of aromatic nitrogens is 3. The Morgan fingerprint density at radius 1 is 0.839 bits per heavy atom. The summed E-state index contributed by atoms with van der Waals surface area (Å²) in [5.41, 5.74) is 8.86. The van der Waals surface area contributed by atoms with Gasteiger partial charge in [-0.2, -0.15) is 4.98 Å². The smallest absolute Gasteiger partial charge is 0.248 e. The number of rotatable bonds is 4. The molecule has 31 heavy (non-hydrogen) atoms. The fraction of sp³-hybridized carbons (Fsp3) is 0.174. The van der Waals surface area contributed by atoms with Crippen LogP contribution in [0, 0.1) is 0 Å². The molecule has 0 spiro atoms. The lowest BCUT2D eigenvalue weighted by atomic mass is 10.2. The molecule has 4 aromatic rings. The third-order valence-corrected chi connectivity index (χ3v) is 6.10. The van der Waals surface area contributed by atoms with E-state index < -0.39 is 0 Å². The van der Waals surface area contributed by atoms with Crippen molar-refractivity contribution in [3.05, 3.63) is 71.6 Å². The van der Waals surface area contributed by atoms with Crippen molar-refractivity contribution in [1.29, 1.82) is 0 Å². The maximum Gasteiger partial charge on any atom is 0.248 e. The second-order valence-corrected chi connectivity index (χ2v) is 8.13. The van der Waals surface area contributed by atoms with Crippen molar-refractivity contribution in [2.24, 2.45) is 0 Å². The van der Waals surface area contributed by atoms with Crippen LogP contribution in [0.4, 0.5) is 17.2 Å². The highest BCUT2D eigenvalue weighted by Crippen LogP contribution is 2.36. The van der Waals surface area contributed by atoms with Crippen molar-refractivity contribution in [1.82, 2.24) is 15.0 Å². The van der Waals surface area contributed by atoms with Crippen molar-refractivity contribution < 1.29 is 4.74 Å². The molecule has 5 rings (SSSR count). The van der Waals surface area contributed by atoms with Crippen LogP contribution in [0.1, 0.15) is 0 Å². The van der Waals surface area contributed by atoms with Crippen LogP contribution in [0.15, 0.2) is 71.6 Å². The van der Waals surface area contributed by atoms with Gasteiger partial charge in [-0.1, -0.05) is 40.2 Å². The van der Waals surface area contributed by atoms with E-state index in [2.05, 4.69) is 64.9 Å². The number of ether oxygens (including phenoxy) is 1. The first kappa shape index (κ1) is 19.6. The van der Waals surface area contributed by atoms with E-state index in [1.807, 2.05) is 30.3 Å². The number of hydrogen-bond donors (Lipinski definition) is 1. The van der Waals surface area contributed by atoms with E-state index in [0.29, 0.717) is 23.1 Å². The van der Waals surface area contributed by atoms with Crippen LogP contribution in [-0.2, 0) is 0 Å². The molecule has 8 heteroatoms. The molecule has 2 aromatic carbocycles. The quantitative estimate of drug-likeness (QED) is 0.464. The molecule has 0 bridgehead atoms. The number of nitrogens with two attached hydrogens (primary N) is 1. The highest BCUT2D eigenvalue weighted by Gasteiger charge is 2.22. The fourth-order valence-corrected chi connectivity index (χ4v) is 4.27. The number of para-hydroxylation sites is 1. The highest BCUT2D eigenvalue weighted by molar-refractivity contribution is 9.10. The van der Waals surface area contributed by atoms with E-state index in [9.17, 15) is 0 Å². The first-order chi connectivity index (χ1) is 15.2. The fourth-order valence-electron chi connectivity index (χ4n) is 3.82. The molecule has 1 fully saturated rings. The SMILES string of the molecule is Nc1c(Oc2ccc(Br)c3cccnc23)ncnc1N1CCN(c2ccccc2)CC1. The number of halogens is 1. The molecule has 0 amide bonds. The molecule has 0 radical (unpaired) electrons. The Kier molecular flexibility index (Phi) is 5.30. The minimum Gasteiger partial charge on any atom is -0.435 e. The van der Waals surface area contributed by atoms with Gasteiger partial charge in [0.1, 0.15) is 17.5 Å². The molecule has 1 saturated heterocycles. The number of pyridine rings is 1. The van der Waals surface area contributed by atoms with Gasteiger partial charge in [0.2, 0.25) is 5.88 Å². The van der Waals surface area contributed by atoms with Gasteiger partial charge < -0.3 is 20.3 Å². The van der Waals surface area contributed by atoms with Gasteiger partial charge in [0.25, 0.3) is 0 Å². The molecule has 7 nitrogen and oxygen atoms in total. The summed E-state index contributed by atoms with van der Waals surface area (Å²) in [6.45, 7) is 3.42. The predicted molar refractivity (Wildman–Crippen MR) is 127 cm³/mol. The average molecular weight is 477 g/mol. The average Bonchev–Trinajstić information content (AvgIpc) is 2.83. The summed E-state index contributed by atoms with van der Waals surface area (Å²) < 4.78 is 7.06. The number of nitrogen functional groups attached to an aromatic ring is 1. The highest BCUT2D eigenvalue weighted by atomic mass is 79.9. The van der Waals surface area contributed by atoms with Crippen LogP contribution in [0.3, 0.4) is 0 Å². The van der Waals surface area contributed by atoms with Gasteiger partial charge in [-0.25, -0.2) is 4.98 Å². The molecule has 1 aliphatic rings. The van der Waals surface area contributed by atoms with Crippen molar-refractivity contribution in [3.63, 3.8) is 0 Å². The zero-order valence-corrected chi connectivity index (χ0v) is 18.4. The lowest BCUT2D eigenvalue weighted by molar-refractivity contribution is 0.468. The van der Waals surface area contributed by atoms with Gasteiger partial charge in [-0.05, 0) is 30.3 Å². The van der Waals surface area contributed by atoms with E-state index in [4.69, 9.17) is 10.5 Å². The Labute approximate surface area is 188 Å². The van der Waals surface area contributed by atoms with Crippen molar-refractivity contribution in [3.8, 4) is 11.6 Å². The minimum atomic E-state index is 0.338. The number of benzene rings is 2. The van der Waals surface area contributed by atoms with Crippen LogP contribution >= 0.6 is 15.9 Å². The maximum absolute atomic E-state index is 6.45. The minimum absolute atomic E-state index is 0.338. The first-order valence-electron chi connectivity index (χ1n) is 10.1. The van der Waals surface area contributed by atoms with Gasteiger partial charge in [0.15, 0.2) is 11.6 Å². The number of hydrogen-bond acceptors (Lipinski definition) is 7. The Morgan fingerprint density at radius 2 is 1.61 bits per heavy atom. The van der Waals surface area contributed by atoms with Gasteiger partial charge in [0, 0.05) is 47.9 Å². The summed E-state index contributed by atoms with van der Waals surface area (Å²) in [4.78, 5) is 17.7. The molecule has 156 valence electrons. The number of piperazine rings is 1. The second kappa shape index (κ2) is 8.39. The van der Waals surface area contributed by atoms with E-state index >= 15 is 0 Å². The molecular formula is C23H21BrN6O. The molecular weight excluding hydrogens is 456 g/mol. The van der Waals surface area contributed by atoms with Gasteiger partial charge in [-0.3, -0.25) is 4.98 Å². The van der Waals surface area contributed by atoms with Crippen LogP contribution in [0.25, 0.3) is 10.9 Å². The van der Waals surface area contributed by atoms with Crippen molar-refractivity contribution >= 4 is 44.0 Å². The van der Waals surface area contributed by atoms with E-state index in [0.717, 1.165) is 41.6 Å². The molecule has 2 N–H and O–H groups in total. The predicted octanol–water partition coefficient (Wildman–Crippen LogP) is 4.49. The Morgan fingerprint density at radius 3 is 2.42 bits per heavy atom. The third kappa shape index (κ3) is 3.86. The molecule has 2 aromatic heterocycles. The largest absolute Gasteiger partial charge is 0.435 e. The monoisotopic (exact) mass is 476 g/mol. The Bertz CT molecular complexity index is 1210. The van der Waals surface area contributed by atoms with E-state index in [-0.39, 0.29) is 0 Å². The molecule has 3 heterocycles. The van der Waals surface area contributed by atoms with Gasteiger partial charge in [-0.15, -0.1) is 0 Å².